The van der Waals surface area contributed by atoms with Gasteiger partial charge < -0.3 is 9.64 Å². The number of hydrogen-bond donors (Lipinski definition) is 0. The van der Waals surface area contributed by atoms with Gasteiger partial charge in [0.1, 0.15) is 6.61 Å². The predicted molar refractivity (Wildman–Crippen MR) is 78.6 cm³/mol. The van der Waals surface area contributed by atoms with E-state index in [4.69, 9.17) is 16.3 Å². The average molecular weight is 292 g/mol. The molecule has 0 bridgehead atoms. The lowest BCUT2D eigenvalue weighted by Gasteiger charge is -2.28. The van der Waals surface area contributed by atoms with Gasteiger partial charge in [-0.25, -0.2) is 4.79 Å². The van der Waals surface area contributed by atoms with Crippen LogP contribution in [0.3, 0.4) is 0 Å². The van der Waals surface area contributed by atoms with E-state index < -0.39 is 0 Å². The van der Waals surface area contributed by atoms with Gasteiger partial charge in [0.2, 0.25) is 0 Å². The van der Waals surface area contributed by atoms with Crippen molar-refractivity contribution in [3.05, 3.63) is 48.0 Å². The third-order valence-corrected chi connectivity index (χ3v) is 4.39. The normalized spacial score (nSPS) is 28.2. The second-order valence-electron chi connectivity index (χ2n) is 5.41. The summed E-state index contributed by atoms with van der Waals surface area (Å²) in [6, 6.07) is 9.91. The van der Waals surface area contributed by atoms with Crippen molar-refractivity contribution in [2.75, 3.05) is 6.54 Å². The van der Waals surface area contributed by atoms with Crippen molar-refractivity contribution in [2.45, 2.75) is 30.9 Å². The highest BCUT2D eigenvalue weighted by molar-refractivity contribution is 6.21. The molecule has 3 atom stereocenters. The zero-order valence-corrected chi connectivity index (χ0v) is 12.0. The number of carbonyl (C=O) groups excluding carboxylic acids is 1. The first kappa shape index (κ1) is 13.5. The van der Waals surface area contributed by atoms with Crippen molar-refractivity contribution >= 4 is 17.7 Å². The zero-order valence-electron chi connectivity index (χ0n) is 11.2. The fourth-order valence-electron chi connectivity index (χ4n) is 3.01. The van der Waals surface area contributed by atoms with Crippen LogP contribution in [0.15, 0.2) is 42.5 Å². The van der Waals surface area contributed by atoms with Crippen LogP contribution in [0.1, 0.15) is 18.4 Å². The molecule has 1 aliphatic heterocycles. The minimum Gasteiger partial charge on any atom is -0.445 e. The van der Waals surface area contributed by atoms with Crippen LogP contribution in [-0.2, 0) is 11.3 Å². The van der Waals surface area contributed by atoms with Gasteiger partial charge in [-0.05, 0) is 24.3 Å². The summed E-state index contributed by atoms with van der Waals surface area (Å²) in [5.74, 6) is 0.478. The Bertz CT molecular complexity index is 502. The van der Waals surface area contributed by atoms with Crippen LogP contribution in [0.4, 0.5) is 4.79 Å². The lowest BCUT2D eigenvalue weighted by Crippen LogP contribution is -2.38. The maximum atomic E-state index is 12.2. The summed E-state index contributed by atoms with van der Waals surface area (Å²) in [5, 5.41) is 0.108. The van der Waals surface area contributed by atoms with Crippen LogP contribution in [0, 0.1) is 5.92 Å². The number of amides is 1. The molecule has 0 N–H and O–H groups in total. The predicted octanol–water partition coefficient (Wildman–Crippen LogP) is 3.58. The molecule has 1 heterocycles. The van der Waals surface area contributed by atoms with Crippen molar-refractivity contribution in [3.8, 4) is 0 Å². The van der Waals surface area contributed by atoms with Crippen LogP contribution in [-0.4, -0.2) is 29.0 Å². The summed E-state index contributed by atoms with van der Waals surface area (Å²) in [4.78, 5) is 14.0. The van der Waals surface area contributed by atoms with E-state index >= 15 is 0 Å². The Hall–Kier alpha value is -1.48. The van der Waals surface area contributed by atoms with Crippen molar-refractivity contribution in [2.24, 2.45) is 5.92 Å². The standard InChI is InChI=1S/C16H18ClNO2/c17-14-6-7-15-13(10-14)8-9-18(15)16(19)20-11-12-4-2-1-3-5-12/h1-7,13-15H,8-11H2. The molecule has 20 heavy (non-hydrogen) atoms. The van der Waals surface area contributed by atoms with Gasteiger partial charge in [-0.2, -0.15) is 0 Å². The molecular formula is C16H18ClNO2. The number of nitrogens with zero attached hydrogens (tertiary/aromatic N) is 1. The van der Waals surface area contributed by atoms with Gasteiger partial charge in [0.05, 0.1) is 11.4 Å². The smallest absolute Gasteiger partial charge is 0.410 e. The van der Waals surface area contributed by atoms with Gasteiger partial charge in [0.25, 0.3) is 0 Å². The monoisotopic (exact) mass is 291 g/mol. The molecule has 0 aromatic heterocycles. The lowest BCUT2D eigenvalue weighted by atomic mass is 9.90. The highest BCUT2D eigenvalue weighted by atomic mass is 35.5. The number of alkyl halides is 1. The van der Waals surface area contributed by atoms with E-state index in [1.807, 2.05) is 41.3 Å². The molecule has 3 rings (SSSR count). The van der Waals surface area contributed by atoms with Gasteiger partial charge in [-0.15, -0.1) is 11.6 Å². The molecule has 2 aliphatic rings. The average Bonchev–Trinajstić information content (AvgIpc) is 2.89. The molecule has 1 aromatic carbocycles. The summed E-state index contributed by atoms with van der Waals surface area (Å²) < 4.78 is 5.41. The van der Waals surface area contributed by atoms with Gasteiger partial charge in [-0.3, -0.25) is 0 Å². The highest BCUT2D eigenvalue weighted by Crippen LogP contribution is 2.34. The SMILES string of the molecule is O=C(OCc1ccccc1)N1CCC2CC(Cl)C=CC21. The molecule has 1 aliphatic carbocycles. The number of allylic oxidation sites excluding steroid dienone is 1. The van der Waals surface area contributed by atoms with E-state index in [0.29, 0.717) is 12.5 Å². The second kappa shape index (κ2) is 5.88. The number of hydrogen-bond acceptors (Lipinski definition) is 2. The number of rotatable bonds is 2. The fourth-order valence-corrected chi connectivity index (χ4v) is 3.33. The molecular weight excluding hydrogens is 274 g/mol. The summed E-state index contributed by atoms with van der Waals surface area (Å²) >= 11 is 6.13. The highest BCUT2D eigenvalue weighted by Gasteiger charge is 2.38. The molecule has 3 unspecified atom stereocenters. The second-order valence-corrected chi connectivity index (χ2v) is 5.97. The van der Waals surface area contributed by atoms with Crippen LogP contribution in [0.5, 0.6) is 0 Å². The maximum Gasteiger partial charge on any atom is 0.410 e. The molecule has 0 spiro atoms. The van der Waals surface area contributed by atoms with Crippen molar-refractivity contribution in [3.63, 3.8) is 0 Å². The molecule has 1 aromatic rings. The van der Waals surface area contributed by atoms with Crippen LogP contribution >= 0.6 is 11.6 Å². The van der Waals surface area contributed by atoms with E-state index in [-0.39, 0.29) is 17.5 Å². The minimum atomic E-state index is -0.223. The zero-order chi connectivity index (χ0) is 13.9. The Kier molecular flexibility index (Phi) is 3.97. The molecule has 1 fully saturated rings. The lowest BCUT2D eigenvalue weighted by molar-refractivity contribution is 0.0942. The summed E-state index contributed by atoms with van der Waals surface area (Å²) in [7, 11) is 0. The quantitative estimate of drug-likeness (QED) is 0.616. The van der Waals surface area contributed by atoms with E-state index in [1.165, 1.54) is 0 Å². The van der Waals surface area contributed by atoms with E-state index in [1.54, 1.807) is 0 Å². The Morgan fingerprint density at radius 1 is 1.30 bits per heavy atom. The Morgan fingerprint density at radius 3 is 2.90 bits per heavy atom. The first-order valence-corrected chi connectivity index (χ1v) is 7.47. The van der Waals surface area contributed by atoms with Gasteiger partial charge in [0, 0.05) is 6.54 Å². The topological polar surface area (TPSA) is 29.5 Å². The molecule has 106 valence electrons. The summed E-state index contributed by atoms with van der Waals surface area (Å²) in [5.41, 5.74) is 1.01. The van der Waals surface area contributed by atoms with Crippen LogP contribution in [0.2, 0.25) is 0 Å². The first-order valence-electron chi connectivity index (χ1n) is 7.04. The number of fused-ring (bicyclic) bond motifs is 1. The molecule has 1 amide bonds. The maximum absolute atomic E-state index is 12.2. The Labute approximate surface area is 124 Å². The van der Waals surface area contributed by atoms with Crippen molar-refractivity contribution in [1.29, 1.82) is 0 Å². The Balaban J connectivity index is 1.59. The minimum absolute atomic E-state index is 0.108. The number of benzene rings is 1. The van der Waals surface area contributed by atoms with Gasteiger partial charge in [0.15, 0.2) is 0 Å². The van der Waals surface area contributed by atoms with Gasteiger partial charge in [-0.1, -0.05) is 42.5 Å². The Morgan fingerprint density at radius 2 is 2.10 bits per heavy atom. The molecule has 0 saturated carbocycles. The van der Waals surface area contributed by atoms with Crippen molar-refractivity contribution in [1.82, 2.24) is 4.90 Å². The van der Waals surface area contributed by atoms with E-state index in [9.17, 15) is 4.79 Å². The number of ether oxygens (including phenoxy) is 1. The van der Waals surface area contributed by atoms with E-state index in [2.05, 4.69) is 6.08 Å². The number of carbonyl (C=O) groups is 1. The number of likely N-dealkylation sites (tertiary alicyclic amines) is 1. The van der Waals surface area contributed by atoms with Gasteiger partial charge >= 0.3 is 6.09 Å². The third-order valence-electron chi connectivity index (χ3n) is 4.07. The van der Waals surface area contributed by atoms with Crippen molar-refractivity contribution < 1.29 is 9.53 Å². The van der Waals surface area contributed by atoms with Crippen LogP contribution < -0.4 is 0 Å². The molecule has 1 saturated heterocycles. The summed E-state index contributed by atoms with van der Waals surface area (Å²) in [6.45, 7) is 1.09. The van der Waals surface area contributed by atoms with E-state index in [0.717, 1.165) is 24.9 Å². The fraction of sp³-hybridized carbons (Fsp3) is 0.438. The first-order chi connectivity index (χ1) is 9.74. The summed E-state index contributed by atoms with van der Waals surface area (Å²) in [6.07, 6.45) is 5.79. The van der Waals surface area contributed by atoms with Crippen LogP contribution in [0.25, 0.3) is 0 Å². The third kappa shape index (κ3) is 2.83. The molecule has 0 radical (unpaired) electrons. The molecule has 4 heteroatoms. The molecule has 3 nitrogen and oxygen atoms in total. The largest absolute Gasteiger partial charge is 0.445 e. The number of halogens is 1.